The van der Waals surface area contributed by atoms with Gasteiger partial charge in [0.1, 0.15) is 11.6 Å². The van der Waals surface area contributed by atoms with E-state index in [0.29, 0.717) is 50.5 Å². The van der Waals surface area contributed by atoms with Crippen molar-refractivity contribution in [1.29, 1.82) is 0 Å². The number of rotatable bonds is 7. The number of hydrogen-bond donors (Lipinski definition) is 2. The van der Waals surface area contributed by atoms with Crippen molar-refractivity contribution in [2.45, 2.75) is 103 Å². The largest absolute Gasteiger partial charge is 0.480 e. The van der Waals surface area contributed by atoms with E-state index in [1.54, 1.807) is 0 Å². The van der Waals surface area contributed by atoms with Crippen LogP contribution in [0.2, 0.25) is 0 Å². The van der Waals surface area contributed by atoms with Crippen molar-refractivity contribution in [3.05, 3.63) is 11.6 Å². The number of carboxylic acids is 1. The number of ether oxygens (including phenoxy) is 1. The van der Waals surface area contributed by atoms with Crippen molar-refractivity contribution in [3.63, 3.8) is 0 Å². The second kappa shape index (κ2) is 10.1. The molecule has 7 atom stereocenters. The number of Topliss-reactive ketones (excluding diaryl/α,β-unsaturated/α-hetero) is 1. The topological polar surface area (TPSA) is 138 Å². The molecule has 5 aliphatic rings. The summed E-state index contributed by atoms with van der Waals surface area (Å²) in [5.74, 6) is -1.41. The number of carbonyl (C=O) groups is 5. The lowest BCUT2D eigenvalue weighted by atomic mass is 9.46. The van der Waals surface area contributed by atoms with E-state index in [1.165, 1.54) is 10.5 Å². The van der Waals surface area contributed by atoms with Gasteiger partial charge in [0.15, 0.2) is 12.4 Å². The number of carbonyl (C=O) groups excluding carboxylic acids is 4. The molecule has 4 aliphatic carbocycles. The maximum absolute atomic E-state index is 13.4. The number of nitrogens with zero attached hydrogens (tertiary/aromatic N) is 1. The Morgan fingerprint density at radius 3 is 2.49 bits per heavy atom. The van der Waals surface area contributed by atoms with Gasteiger partial charge >= 0.3 is 11.9 Å². The Morgan fingerprint density at radius 1 is 1.00 bits per heavy atom. The number of likely N-dealkylation sites (tertiary alicyclic amines) is 1. The summed E-state index contributed by atoms with van der Waals surface area (Å²) in [6.07, 6.45) is 8.48. The quantitative estimate of drug-likeness (QED) is 0.467. The molecule has 1 heterocycles. The van der Waals surface area contributed by atoms with E-state index in [-0.39, 0.29) is 30.0 Å². The SMILES string of the molecule is C[C@]12CCC(=O)C=C1CC[C@H]1[C@H]2CC[C@@]2(C)[C@H]1CC[C@]2(O)C(=O)COC(=O)CCC(=O)N1CCC[C@@H]1C(=O)O. The van der Waals surface area contributed by atoms with Crippen molar-refractivity contribution in [2.24, 2.45) is 28.6 Å². The lowest BCUT2D eigenvalue weighted by molar-refractivity contribution is -0.170. The molecule has 0 bridgehead atoms. The Hall–Kier alpha value is -2.55. The Morgan fingerprint density at radius 2 is 1.74 bits per heavy atom. The minimum absolute atomic E-state index is 0.00931. The molecule has 0 aromatic rings. The summed E-state index contributed by atoms with van der Waals surface area (Å²) in [4.78, 5) is 62.9. The number of aliphatic carboxylic acids is 1. The number of amides is 1. The average Bonchev–Trinajstić information content (AvgIpc) is 3.50. The zero-order valence-corrected chi connectivity index (χ0v) is 23.1. The zero-order valence-electron chi connectivity index (χ0n) is 23.1. The van der Waals surface area contributed by atoms with Crippen LogP contribution in [0.3, 0.4) is 0 Å². The smallest absolute Gasteiger partial charge is 0.326 e. The molecular weight excluding hydrogens is 502 g/mol. The van der Waals surface area contributed by atoms with Crippen molar-refractivity contribution >= 4 is 29.4 Å². The van der Waals surface area contributed by atoms with E-state index < -0.39 is 47.3 Å². The summed E-state index contributed by atoms with van der Waals surface area (Å²) in [6, 6.07) is -0.856. The highest BCUT2D eigenvalue weighted by atomic mass is 16.5. The van der Waals surface area contributed by atoms with E-state index in [2.05, 4.69) is 6.92 Å². The Kier molecular flexibility index (Phi) is 7.27. The van der Waals surface area contributed by atoms with Crippen molar-refractivity contribution < 1.29 is 38.9 Å². The van der Waals surface area contributed by atoms with E-state index in [9.17, 15) is 34.2 Å². The molecule has 9 nitrogen and oxygen atoms in total. The van der Waals surface area contributed by atoms with Gasteiger partial charge < -0.3 is 19.8 Å². The minimum Gasteiger partial charge on any atom is -0.480 e. The number of allylic oxidation sites excluding steroid dienone is 1. The van der Waals surface area contributed by atoms with Crippen LogP contribution in [0.4, 0.5) is 0 Å². The van der Waals surface area contributed by atoms with Gasteiger partial charge in [-0.2, -0.15) is 0 Å². The summed E-state index contributed by atoms with van der Waals surface area (Å²) >= 11 is 0. The summed E-state index contributed by atoms with van der Waals surface area (Å²) in [6.45, 7) is 4.14. The van der Waals surface area contributed by atoms with Gasteiger partial charge in [0, 0.05) is 24.8 Å². The first-order valence-electron chi connectivity index (χ1n) is 14.6. The van der Waals surface area contributed by atoms with Crippen LogP contribution in [-0.4, -0.2) is 69.3 Å². The maximum Gasteiger partial charge on any atom is 0.326 e. The van der Waals surface area contributed by atoms with Crippen molar-refractivity contribution in [3.8, 4) is 0 Å². The van der Waals surface area contributed by atoms with Crippen LogP contribution < -0.4 is 0 Å². The first-order valence-corrected chi connectivity index (χ1v) is 14.6. The summed E-state index contributed by atoms with van der Waals surface area (Å²) < 4.78 is 5.22. The minimum atomic E-state index is -1.57. The van der Waals surface area contributed by atoms with Gasteiger partial charge in [-0.15, -0.1) is 0 Å². The summed E-state index contributed by atoms with van der Waals surface area (Å²) in [7, 11) is 0. The maximum atomic E-state index is 13.4. The van der Waals surface area contributed by atoms with Crippen LogP contribution >= 0.6 is 0 Å². The number of esters is 1. The predicted octanol–water partition coefficient (Wildman–Crippen LogP) is 3.22. The first kappa shape index (κ1) is 28.0. The van der Waals surface area contributed by atoms with Gasteiger partial charge in [0.05, 0.1) is 6.42 Å². The first-order chi connectivity index (χ1) is 18.4. The predicted molar refractivity (Wildman–Crippen MR) is 139 cm³/mol. The molecule has 0 unspecified atom stereocenters. The lowest BCUT2D eigenvalue weighted by Crippen LogP contribution is -2.58. The molecule has 3 saturated carbocycles. The molecule has 1 saturated heterocycles. The molecule has 0 aromatic heterocycles. The zero-order chi connectivity index (χ0) is 28.2. The molecule has 0 spiro atoms. The fourth-order valence-corrected chi connectivity index (χ4v) is 9.05. The number of hydrogen-bond acceptors (Lipinski definition) is 7. The van der Waals surface area contributed by atoms with Gasteiger partial charge in [0.25, 0.3) is 0 Å². The molecular formula is C30H41NO8. The highest BCUT2D eigenvalue weighted by Crippen LogP contribution is 2.67. The molecule has 1 aliphatic heterocycles. The number of carboxylic acid groups (broad SMARTS) is 1. The van der Waals surface area contributed by atoms with Gasteiger partial charge in [-0.25, -0.2) is 4.79 Å². The summed E-state index contributed by atoms with van der Waals surface area (Å²) in [5.41, 5.74) is -0.878. The Balaban J connectivity index is 1.18. The Labute approximate surface area is 229 Å². The van der Waals surface area contributed by atoms with Crippen LogP contribution in [0, 0.1) is 28.6 Å². The second-order valence-electron chi connectivity index (χ2n) is 13.0. The lowest BCUT2D eigenvalue weighted by Gasteiger charge is -2.58. The van der Waals surface area contributed by atoms with Crippen LogP contribution in [0.25, 0.3) is 0 Å². The molecule has 0 aromatic carbocycles. The fourth-order valence-electron chi connectivity index (χ4n) is 9.05. The fraction of sp³-hybridized carbons (Fsp3) is 0.767. The van der Waals surface area contributed by atoms with Crippen LogP contribution in [0.15, 0.2) is 11.6 Å². The van der Waals surface area contributed by atoms with E-state index >= 15 is 0 Å². The van der Waals surface area contributed by atoms with Crippen LogP contribution in [0.1, 0.15) is 90.9 Å². The molecule has 1 amide bonds. The highest BCUT2D eigenvalue weighted by Gasteiger charge is 2.66. The van der Waals surface area contributed by atoms with E-state index in [4.69, 9.17) is 4.74 Å². The molecule has 2 N–H and O–H groups in total. The van der Waals surface area contributed by atoms with E-state index in [0.717, 1.165) is 32.1 Å². The van der Waals surface area contributed by atoms with Crippen molar-refractivity contribution in [1.82, 2.24) is 4.90 Å². The standard InChI is InChI=1S/C30H41NO8/c1-28-12-9-19(32)16-18(28)5-6-20-21(28)10-13-29(2)22(20)11-14-30(29,38)24(33)17-39-26(35)8-7-25(34)31-15-3-4-23(31)27(36)37/h16,20-23,38H,3-15,17H2,1-2H3,(H,36,37)/t20-,21+,22-,23+,28-,29-,30-/m0/s1. The number of fused-ring (bicyclic) bond motifs is 5. The molecule has 0 radical (unpaired) electrons. The molecule has 214 valence electrons. The number of aliphatic hydroxyl groups is 1. The number of ketones is 2. The van der Waals surface area contributed by atoms with E-state index in [1.807, 2.05) is 13.0 Å². The monoisotopic (exact) mass is 543 g/mol. The normalized spacial score (nSPS) is 39.3. The third-order valence-electron chi connectivity index (χ3n) is 11.3. The summed E-state index contributed by atoms with van der Waals surface area (Å²) in [5, 5.41) is 21.0. The van der Waals surface area contributed by atoms with Gasteiger partial charge in [0.2, 0.25) is 11.7 Å². The van der Waals surface area contributed by atoms with Gasteiger partial charge in [-0.05, 0) is 87.0 Å². The third kappa shape index (κ3) is 4.54. The molecule has 39 heavy (non-hydrogen) atoms. The van der Waals surface area contributed by atoms with Gasteiger partial charge in [-0.1, -0.05) is 19.4 Å². The van der Waals surface area contributed by atoms with Crippen molar-refractivity contribution in [2.75, 3.05) is 13.2 Å². The van der Waals surface area contributed by atoms with Crippen LogP contribution in [0.5, 0.6) is 0 Å². The average molecular weight is 544 g/mol. The molecule has 4 fully saturated rings. The highest BCUT2D eigenvalue weighted by molar-refractivity contribution is 5.92. The second-order valence-corrected chi connectivity index (χ2v) is 13.0. The van der Waals surface area contributed by atoms with Crippen LogP contribution in [-0.2, 0) is 28.7 Å². The Bertz CT molecular complexity index is 1110. The third-order valence-corrected chi connectivity index (χ3v) is 11.3. The molecule has 9 heteroatoms. The van der Waals surface area contributed by atoms with Gasteiger partial charge in [-0.3, -0.25) is 19.2 Å². The molecule has 5 rings (SSSR count).